The van der Waals surface area contributed by atoms with Gasteiger partial charge in [0.1, 0.15) is 0 Å². The number of nitrogens with zero attached hydrogens (tertiary/aromatic N) is 2. The Morgan fingerprint density at radius 1 is 1.12 bits per heavy atom. The van der Waals surface area contributed by atoms with Gasteiger partial charge in [-0.05, 0) is 6.07 Å². The fraction of sp³-hybridized carbons (Fsp3) is 0.111. The highest BCUT2D eigenvalue weighted by molar-refractivity contribution is 5.55. The van der Waals surface area contributed by atoms with Crippen LogP contribution in [0.2, 0.25) is 0 Å². The number of hydrogen-bond donors (Lipinski definition) is 1. The third kappa shape index (κ3) is 1.86. The van der Waals surface area contributed by atoms with Crippen LogP contribution in [-0.4, -0.2) is 10.1 Å². The Labute approximate surface area is 92.0 Å². The summed E-state index contributed by atoms with van der Waals surface area (Å²) in [5, 5.41) is 3.27. The van der Waals surface area contributed by atoms with E-state index >= 15 is 0 Å². The van der Waals surface area contributed by atoms with Gasteiger partial charge in [-0.15, -0.1) is 0 Å². The van der Waals surface area contributed by atoms with Crippen molar-refractivity contribution in [3.63, 3.8) is 0 Å². The Bertz CT molecular complexity index is 570. The van der Waals surface area contributed by atoms with Crippen LogP contribution in [0.4, 0.5) is 17.6 Å². The highest BCUT2D eigenvalue weighted by Crippen LogP contribution is 2.25. The Morgan fingerprint density at radius 3 is 2.41 bits per heavy atom. The predicted octanol–water partition coefficient (Wildman–Crippen LogP) is 1.75. The molecule has 0 aliphatic carbocycles. The van der Waals surface area contributed by atoms with Crippen LogP contribution in [0.3, 0.4) is 0 Å². The fourth-order valence-corrected chi connectivity index (χ4v) is 1.18. The summed E-state index contributed by atoms with van der Waals surface area (Å²) in [5.41, 5.74) is 4.53. The molecular formula is C9H5F4N3O. The summed E-state index contributed by atoms with van der Waals surface area (Å²) in [6.07, 6.45) is 0. The van der Waals surface area contributed by atoms with Crippen LogP contribution in [0.1, 0.15) is 5.89 Å². The molecule has 4 nitrogen and oxygen atoms in total. The molecule has 17 heavy (non-hydrogen) atoms. The summed E-state index contributed by atoms with van der Waals surface area (Å²) in [5.74, 6) is -7.40. The lowest BCUT2D eigenvalue weighted by Crippen LogP contribution is -2.00. The molecule has 0 aliphatic rings. The van der Waals surface area contributed by atoms with Crippen LogP contribution in [0.5, 0.6) is 0 Å². The van der Waals surface area contributed by atoms with Crippen molar-refractivity contribution in [3.8, 4) is 11.4 Å². The fourth-order valence-electron chi connectivity index (χ4n) is 1.18. The molecule has 2 aromatic rings. The summed E-state index contributed by atoms with van der Waals surface area (Å²) in [6, 6.07) is 0.443. The number of nitrogens with two attached hydrogens (primary N) is 1. The van der Waals surface area contributed by atoms with Crippen molar-refractivity contribution in [2.75, 3.05) is 0 Å². The van der Waals surface area contributed by atoms with Crippen LogP contribution in [0.15, 0.2) is 10.6 Å². The first-order valence-electron chi connectivity index (χ1n) is 4.40. The minimum Gasteiger partial charge on any atom is -0.338 e. The molecule has 0 unspecified atom stereocenters. The summed E-state index contributed by atoms with van der Waals surface area (Å²) in [4.78, 5) is 3.57. The summed E-state index contributed by atoms with van der Waals surface area (Å²) in [6.45, 7) is -0.110. The molecule has 90 valence electrons. The van der Waals surface area contributed by atoms with Crippen molar-refractivity contribution in [1.29, 1.82) is 0 Å². The second-order valence-corrected chi connectivity index (χ2v) is 3.06. The van der Waals surface area contributed by atoms with Crippen molar-refractivity contribution in [2.45, 2.75) is 6.54 Å². The van der Waals surface area contributed by atoms with Gasteiger partial charge in [-0.3, -0.25) is 0 Å². The Morgan fingerprint density at radius 2 is 1.82 bits per heavy atom. The van der Waals surface area contributed by atoms with Gasteiger partial charge in [0.2, 0.25) is 11.7 Å². The highest BCUT2D eigenvalue weighted by Gasteiger charge is 2.22. The largest absolute Gasteiger partial charge is 0.338 e. The lowest BCUT2D eigenvalue weighted by atomic mass is 10.2. The average molecular weight is 247 g/mol. The third-order valence-corrected chi connectivity index (χ3v) is 1.99. The molecular weight excluding hydrogens is 242 g/mol. The smallest absolute Gasteiger partial charge is 0.240 e. The van der Waals surface area contributed by atoms with E-state index in [4.69, 9.17) is 5.73 Å². The quantitative estimate of drug-likeness (QED) is 0.499. The van der Waals surface area contributed by atoms with Crippen LogP contribution in [-0.2, 0) is 6.54 Å². The van der Waals surface area contributed by atoms with Crippen molar-refractivity contribution < 1.29 is 22.1 Å². The maximum atomic E-state index is 13.3. The molecule has 0 radical (unpaired) electrons. The van der Waals surface area contributed by atoms with Gasteiger partial charge in [0.15, 0.2) is 23.3 Å². The summed E-state index contributed by atoms with van der Waals surface area (Å²) >= 11 is 0. The van der Waals surface area contributed by atoms with Gasteiger partial charge in [0.25, 0.3) is 0 Å². The first-order valence-corrected chi connectivity index (χ1v) is 4.40. The monoisotopic (exact) mass is 247 g/mol. The molecule has 2 N–H and O–H groups in total. The minimum absolute atomic E-state index is 0.0375. The molecule has 2 rings (SSSR count). The predicted molar refractivity (Wildman–Crippen MR) is 47.5 cm³/mol. The number of rotatable bonds is 2. The zero-order valence-corrected chi connectivity index (χ0v) is 8.18. The molecule has 0 saturated carbocycles. The second kappa shape index (κ2) is 4.13. The zero-order chi connectivity index (χ0) is 12.6. The van der Waals surface area contributed by atoms with Gasteiger partial charge >= 0.3 is 0 Å². The molecule has 1 aromatic heterocycles. The third-order valence-electron chi connectivity index (χ3n) is 1.99. The van der Waals surface area contributed by atoms with Crippen molar-refractivity contribution in [3.05, 3.63) is 35.2 Å². The molecule has 8 heteroatoms. The Balaban J connectivity index is 2.59. The van der Waals surface area contributed by atoms with E-state index in [1.54, 1.807) is 0 Å². The molecule has 1 heterocycles. The van der Waals surface area contributed by atoms with Gasteiger partial charge in [-0.1, -0.05) is 5.16 Å². The molecule has 0 aliphatic heterocycles. The Hall–Kier alpha value is -1.96. The maximum absolute atomic E-state index is 13.3. The van der Waals surface area contributed by atoms with E-state index in [2.05, 4.69) is 14.7 Å². The van der Waals surface area contributed by atoms with E-state index in [0.717, 1.165) is 0 Å². The van der Waals surface area contributed by atoms with Crippen LogP contribution >= 0.6 is 0 Å². The molecule has 1 aromatic carbocycles. The van der Waals surface area contributed by atoms with Crippen molar-refractivity contribution in [2.24, 2.45) is 5.73 Å². The number of halogens is 4. The maximum Gasteiger partial charge on any atom is 0.240 e. The second-order valence-electron chi connectivity index (χ2n) is 3.06. The Kier molecular flexibility index (Phi) is 2.80. The summed E-state index contributed by atoms with van der Waals surface area (Å²) < 4.78 is 56.4. The first-order chi connectivity index (χ1) is 8.04. The van der Waals surface area contributed by atoms with Crippen LogP contribution in [0.25, 0.3) is 11.4 Å². The number of hydrogen-bond acceptors (Lipinski definition) is 4. The van der Waals surface area contributed by atoms with Gasteiger partial charge in [0, 0.05) is 0 Å². The van der Waals surface area contributed by atoms with E-state index in [1.807, 2.05) is 0 Å². The molecule has 0 fully saturated rings. The van der Waals surface area contributed by atoms with E-state index in [9.17, 15) is 17.6 Å². The van der Waals surface area contributed by atoms with E-state index in [0.29, 0.717) is 6.07 Å². The van der Waals surface area contributed by atoms with Crippen molar-refractivity contribution >= 4 is 0 Å². The first kappa shape index (κ1) is 11.5. The SMILES string of the molecule is NCc1nc(-c2cc(F)c(F)c(F)c2F)no1. The lowest BCUT2D eigenvalue weighted by molar-refractivity contribution is 0.379. The van der Waals surface area contributed by atoms with Crippen LogP contribution in [0, 0.1) is 23.3 Å². The molecule has 0 saturated heterocycles. The summed E-state index contributed by atoms with van der Waals surface area (Å²) in [7, 11) is 0. The van der Waals surface area contributed by atoms with Gasteiger partial charge < -0.3 is 10.3 Å². The van der Waals surface area contributed by atoms with E-state index in [1.165, 1.54) is 0 Å². The standard InChI is InChI=1S/C9H5F4N3O/c10-4-1-3(6(11)8(13)7(4)12)9-15-5(2-14)17-16-9/h1H,2,14H2. The highest BCUT2D eigenvalue weighted by atomic mass is 19.2. The average Bonchev–Trinajstić information content (AvgIpc) is 2.79. The van der Waals surface area contributed by atoms with E-state index < -0.39 is 34.7 Å². The molecule has 0 spiro atoms. The molecule has 0 bridgehead atoms. The topological polar surface area (TPSA) is 64.9 Å². The van der Waals surface area contributed by atoms with Crippen molar-refractivity contribution in [1.82, 2.24) is 10.1 Å². The van der Waals surface area contributed by atoms with Gasteiger partial charge in [0.05, 0.1) is 12.1 Å². The molecule has 0 amide bonds. The van der Waals surface area contributed by atoms with Crippen LogP contribution < -0.4 is 5.73 Å². The van der Waals surface area contributed by atoms with Gasteiger partial charge in [-0.25, -0.2) is 17.6 Å². The number of aromatic nitrogens is 2. The normalized spacial score (nSPS) is 10.9. The van der Waals surface area contributed by atoms with Gasteiger partial charge in [-0.2, -0.15) is 4.98 Å². The minimum atomic E-state index is -1.93. The molecule has 0 atom stereocenters. The number of benzene rings is 1. The zero-order valence-electron chi connectivity index (χ0n) is 8.18. The van der Waals surface area contributed by atoms with E-state index in [-0.39, 0.29) is 12.4 Å². The lowest BCUT2D eigenvalue weighted by Gasteiger charge is -2.01.